The van der Waals surface area contributed by atoms with Gasteiger partial charge >= 0.3 is 5.97 Å². The normalized spacial score (nSPS) is 14.4. The molecule has 1 aliphatic rings. The maximum absolute atomic E-state index is 12.4. The van der Waals surface area contributed by atoms with E-state index in [1.807, 2.05) is 19.9 Å². The number of rotatable bonds is 8. The molecule has 10 heteroatoms. The van der Waals surface area contributed by atoms with E-state index >= 15 is 0 Å². The van der Waals surface area contributed by atoms with E-state index in [9.17, 15) is 9.59 Å². The molecule has 2 rings (SSSR count). The molecule has 2 N–H and O–H groups in total. The largest absolute Gasteiger partial charge is 0.490 e. The molecule has 0 spiro atoms. The quantitative estimate of drug-likeness (QED) is 0.463. The highest BCUT2D eigenvalue weighted by molar-refractivity contribution is 8.26. The van der Waals surface area contributed by atoms with Gasteiger partial charge in [0.15, 0.2) is 11.5 Å². The third-order valence-electron chi connectivity index (χ3n) is 3.29. The Morgan fingerprint density at radius 3 is 2.31 bits per heavy atom. The van der Waals surface area contributed by atoms with Crippen LogP contribution in [-0.2, 0) is 14.4 Å². The number of thioether (sulfide) groups is 1. The number of thiocarbonyl (C=S) groups is 1. The van der Waals surface area contributed by atoms with Crippen LogP contribution in [0.25, 0.3) is 6.08 Å². The van der Waals surface area contributed by atoms with Crippen molar-refractivity contribution in [1.29, 1.82) is 0 Å². The SMILES string of the molecule is CC(=O)O.CCOc1ccc(C=C2SC(=S)N(CCC(=O)O)C2=O)cc1OCC. The van der Waals surface area contributed by atoms with Gasteiger partial charge in [-0.3, -0.25) is 19.3 Å². The Hall–Kier alpha value is -2.59. The van der Waals surface area contributed by atoms with E-state index in [4.69, 9.17) is 36.7 Å². The minimum absolute atomic E-state index is 0.0742. The summed E-state index contributed by atoms with van der Waals surface area (Å²) in [5.74, 6) is -0.816. The fraction of sp³-hybridized carbons (Fsp3) is 0.368. The Labute approximate surface area is 178 Å². The molecular weight excluding hydrogens is 418 g/mol. The molecule has 0 aromatic heterocycles. The summed E-state index contributed by atoms with van der Waals surface area (Å²) >= 11 is 6.34. The summed E-state index contributed by atoms with van der Waals surface area (Å²) in [6, 6.07) is 5.43. The second-order valence-electron chi connectivity index (χ2n) is 5.57. The standard InChI is InChI=1S/C17H19NO5S2.C2H4O2/c1-3-22-12-6-5-11(9-13(12)23-4-2)10-14-16(21)18(17(24)25-14)8-7-15(19)20;1-2(3)4/h5-6,9-10H,3-4,7-8H2,1-2H3,(H,19,20);1H3,(H,3,4). The van der Waals surface area contributed by atoms with E-state index in [1.165, 1.54) is 16.7 Å². The molecule has 1 heterocycles. The lowest BCUT2D eigenvalue weighted by Gasteiger charge is -2.12. The summed E-state index contributed by atoms with van der Waals surface area (Å²) in [5, 5.41) is 16.2. The first kappa shape index (κ1) is 24.4. The molecule has 1 aliphatic heterocycles. The zero-order valence-corrected chi connectivity index (χ0v) is 18.0. The average molecular weight is 442 g/mol. The van der Waals surface area contributed by atoms with Crippen molar-refractivity contribution in [2.75, 3.05) is 19.8 Å². The highest BCUT2D eigenvalue weighted by Gasteiger charge is 2.32. The maximum Gasteiger partial charge on any atom is 0.305 e. The molecule has 158 valence electrons. The van der Waals surface area contributed by atoms with Gasteiger partial charge in [-0.2, -0.15) is 0 Å². The van der Waals surface area contributed by atoms with E-state index in [1.54, 1.807) is 18.2 Å². The lowest BCUT2D eigenvalue weighted by Crippen LogP contribution is -2.30. The van der Waals surface area contributed by atoms with Gasteiger partial charge in [0.05, 0.1) is 24.5 Å². The van der Waals surface area contributed by atoms with Crippen molar-refractivity contribution in [1.82, 2.24) is 4.90 Å². The number of hydrogen-bond donors (Lipinski definition) is 2. The number of carbonyl (C=O) groups is 3. The molecule has 8 nitrogen and oxygen atoms in total. The average Bonchev–Trinajstić information content (AvgIpc) is 2.88. The molecule has 1 amide bonds. The minimum atomic E-state index is -0.967. The molecule has 0 unspecified atom stereocenters. The Morgan fingerprint density at radius 1 is 1.17 bits per heavy atom. The van der Waals surface area contributed by atoms with Crippen molar-refractivity contribution in [3.8, 4) is 11.5 Å². The summed E-state index contributed by atoms with van der Waals surface area (Å²) < 4.78 is 11.5. The Morgan fingerprint density at radius 2 is 1.76 bits per heavy atom. The van der Waals surface area contributed by atoms with Gasteiger partial charge in [0.25, 0.3) is 11.9 Å². The molecule has 1 aromatic carbocycles. The van der Waals surface area contributed by atoms with Gasteiger partial charge in [-0.25, -0.2) is 0 Å². The fourth-order valence-corrected chi connectivity index (χ4v) is 3.52. The maximum atomic E-state index is 12.4. The van der Waals surface area contributed by atoms with Crippen LogP contribution in [0.5, 0.6) is 11.5 Å². The number of aliphatic carboxylic acids is 2. The van der Waals surface area contributed by atoms with Crippen molar-refractivity contribution in [3.63, 3.8) is 0 Å². The first-order valence-corrected chi connectivity index (χ1v) is 9.98. The third kappa shape index (κ3) is 8.12. The predicted octanol–water partition coefficient (Wildman–Crippen LogP) is 3.25. The van der Waals surface area contributed by atoms with Gasteiger partial charge in [0.2, 0.25) is 0 Å². The third-order valence-corrected chi connectivity index (χ3v) is 4.67. The van der Waals surface area contributed by atoms with Crippen LogP contribution < -0.4 is 9.47 Å². The number of hydrogen-bond acceptors (Lipinski definition) is 7. The lowest BCUT2D eigenvalue weighted by molar-refractivity contribution is -0.137. The predicted molar refractivity (Wildman–Crippen MR) is 114 cm³/mol. The molecule has 29 heavy (non-hydrogen) atoms. The van der Waals surface area contributed by atoms with E-state index in [-0.39, 0.29) is 18.9 Å². The molecule has 0 aliphatic carbocycles. The van der Waals surface area contributed by atoms with Crippen molar-refractivity contribution in [3.05, 3.63) is 28.7 Å². The van der Waals surface area contributed by atoms with Crippen LogP contribution in [0.3, 0.4) is 0 Å². The highest BCUT2D eigenvalue weighted by atomic mass is 32.2. The van der Waals surface area contributed by atoms with Crippen LogP contribution in [0, 0.1) is 0 Å². The molecule has 0 radical (unpaired) electrons. The van der Waals surface area contributed by atoms with Gasteiger partial charge in [0, 0.05) is 13.5 Å². The van der Waals surface area contributed by atoms with Gasteiger partial charge in [-0.1, -0.05) is 30.0 Å². The molecule has 0 atom stereocenters. The van der Waals surface area contributed by atoms with Crippen LogP contribution >= 0.6 is 24.0 Å². The zero-order valence-electron chi connectivity index (χ0n) is 16.3. The Bertz CT molecular complexity index is 804. The number of carboxylic acids is 2. The van der Waals surface area contributed by atoms with Crippen LogP contribution in [0.4, 0.5) is 0 Å². The number of benzene rings is 1. The summed E-state index contributed by atoms with van der Waals surface area (Å²) in [6.07, 6.45) is 1.58. The molecule has 1 aromatic rings. The first-order valence-electron chi connectivity index (χ1n) is 8.75. The lowest BCUT2D eigenvalue weighted by atomic mass is 10.2. The van der Waals surface area contributed by atoms with Crippen LogP contribution in [0.15, 0.2) is 23.1 Å². The summed E-state index contributed by atoms with van der Waals surface area (Å²) in [5.41, 5.74) is 0.783. The summed E-state index contributed by atoms with van der Waals surface area (Å²) in [6.45, 7) is 5.97. The van der Waals surface area contributed by atoms with E-state index < -0.39 is 11.9 Å². The summed E-state index contributed by atoms with van der Waals surface area (Å²) in [7, 11) is 0. The zero-order chi connectivity index (χ0) is 22.0. The fourth-order valence-electron chi connectivity index (χ4n) is 2.21. The number of ether oxygens (including phenoxy) is 2. The smallest absolute Gasteiger partial charge is 0.305 e. The Balaban J connectivity index is 0.000000960. The first-order chi connectivity index (χ1) is 13.7. The molecular formula is C19H23NO7S2. The minimum Gasteiger partial charge on any atom is -0.490 e. The molecule has 0 bridgehead atoms. The molecule has 1 saturated heterocycles. The summed E-state index contributed by atoms with van der Waals surface area (Å²) in [4.78, 5) is 33.9. The van der Waals surface area contributed by atoms with Crippen molar-refractivity contribution >= 4 is 52.2 Å². The number of carbonyl (C=O) groups excluding carboxylic acids is 1. The second-order valence-corrected chi connectivity index (χ2v) is 7.24. The van der Waals surface area contributed by atoms with Crippen molar-refractivity contribution in [2.24, 2.45) is 0 Å². The van der Waals surface area contributed by atoms with Crippen LogP contribution in [-0.4, -0.2) is 57.0 Å². The monoisotopic (exact) mass is 441 g/mol. The Kier molecular flexibility index (Phi) is 10.2. The van der Waals surface area contributed by atoms with Gasteiger partial charge in [-0.15, -0.1) is 0 Å². The van der Waals surface area contributed by atoms with Crippen LogP contribution in [0.2, 0.25) is 0 Å². The van der Waals surface area contributed by atoms with Crippen molar-refractivity contribution < 1.29 is 34.1 Å². The van der Waals surface area contributed by atoms with Crippen LogP contribution in [0.1, 0.15) is 32.8 Å². The number of nitrogens with zero attached hydrogens (tertiary/aromatic N) is 1. The van der Waals surface area contributed by atoms with Gasteiger partial charge < -0.3 is 19.7 Å². The number of carboxylic acid groups (broad SMARTS) is 2. The topological polar surface area (TPSA) is 113 Å². The molecule has 1 fully saturated rings. The van der Waals surface area contributed by atoms with Gasteiger partial charge in [-0.05, 0) is 37.6 Å². The van der Waals surface area contributed by atoms with E-state index in [0.29, 0.717) is 33.9 Å². The number of amides is 1. The molecule has 0 saturated carbocycles. The highest BCUT2D eigenvalue weighted by Crippen LogP contribution is 2.34. The van der Waals surface area contributed by atoms with E-state index in [0.717, 1.165) is 12.5 Å². The van der Waals surface area contributed by atoms with Crippen molar-refractivity contribution in [2.45, 2.75) is 27.2 Å². The van der Waals surface area contributed by atoms with Gasteiger partial charge in [0.1, 0.15) is 4.32 Å². The second kappa shape index (κ2) is 12.1. The van der Waals surface area contributed by atoms with E-state index in [2.05, 4.69) is 0 Å².